The van der Waals surface area contributed by atoms with E-state index in [-0.39, 0.29) is 17.4 Å². The van der Waals surface area contributed by atoms with Crippen LogP contribution in [0.25, 0.3) is 0 Å². The van der Waals surface area contributed by atoms with E-state index in [1.165, 1.54) is 37.5 Å². The van der Waals surface area contributed by atoms with Crippen LogP contribution in [0.15, 0.2) is 12.1 Å². The molecule has 0 bridgehead atoms. The first-order valence-electron chi connectivity index (χ1n) is 9.07. The number of anilines is 1. The van der Waals surface area contributed by atoms with E-state index in [9.17, 15) is 9.59 Å². The zero-order valence-corrected chi connectivity index (χ0v) is 15.6. The van der Waals surface area contributed by atoms with Gasteiger partial charge in [-0.3, -0.25) is 14.5 Å². The van der Waals surface area contributed by atoms with Gasteiger partial charge >= 0.3 is 0 Å². The molecular formula is C18H27N3O3S. The molecule has 7 heteroatoms. The van der Waals surface area contributed by atoms with Gasteiger partial charge in [0.15, 0.2) is 0 Å². The third-order valence-electron chi connectivity index (χ3n) is 5.17. The molecule has 25 heavy (non-hydrogen) atoms. The molecule has 1 saturated carbocycles. The third kappa shape index (κ3) is 4.59. The Labute approximate surface area is 152 Å². The van der Waals surface area contributed by atoms with Gasteiger partial charge in [0.25, 0.3) is 5.91 Å². The minimum Gasteiger partial charge on any atom is -0.379 e. The van der Waals surface area contributed by atoms with Crippen LogP contribution in [0.3, 0.4) is 0 Å². The maximum absolute atomic E-state index is 12.6. The third-order valence-corrected chi connectivity index (χ3v) is 6.17. The van der Waals surface area contributed by atoms with Crippen molar-refractivity contribution in [2.45, 2.75) is 44.6 Å². The maximum atomic E-state index is 12.6. The summed E-state index contributed by atoms with van der Waals surface area (Å²) in [6, 6.07) is 3.55. The van der Waals surface area contributed by atoms with Crippen molar-refractivity contribution >= 4 is 28.2 Å². The smallest absolute Gasteiger partial charge is 0.261 e. The average molecular weight is 365 g/mol. The van der Waals surface area contributed by atoms with Gasteiger partial charge in [-0.2, -0.15) is 0 Å². The van der Waals surface area contributed by atoms with Crippen LogP contribution in [0.5, 0.6) is 0 Å². The number of hydrogen-bond donors (Lipinski definition) is 2. The highest BCUT2D eigenvalue weighted by atomic mass is 32.1. The van der Waals surface area contributed by atoms with Gasteiger partial charge in [0.1, 0.15) is 0 Å². The maximum Gasteiger partial charge on any atom is 0.261 e. The normalized spacial score (nSPS) is 20.8. The fourth-order valence-electron chi connectivity index (χ4n) is 3.88. The second kappa shape index (κ2) is 8.29. The highest BCUT2D eigenvalue weighted by molar-refractivity contribution is 7.18. The molecule has 1 saturated heterocycles. The molecule has 3 rings (SSSR count). The summed E-state index contributed by atoms with van der Waals surface area (Å²) in [5.74, 6) is -0.179. The molecule has 6 nitrogen and oxygen atoms in total. The first-order valence-corrected chi connectivity index (χ1v) is 9.89. The molecule has 0 spiro atoms. The quantitative estimate of drug-likeness (QED) is 0.841. The summed E-state index contributed by atoms with van der Waals surface area (Å²) in [6.07, 6.45) is 5.99. The number of carbonyl (C=O) groups excluding carboxylic acids is 2. The van der Waals surface area contributed by atoms with Crippen molar-refractivity contribution < 1.29 is 14.3 Å². The van der Waals surface area contributed by atoms with Crippen molar-refractivity contribution in [3.05, 3.63) is 17.0 Å². The lowest BCUT2D eigenvalue weighted by Gasteiger charge is -2.48. The standard InChI is InChI=1S/C18H27N3O3S/c1-14(22)20-16-6-5-15(25-16)17(23)19-13-18(7-3-2-4-8-18)21-9-11-24-12-10-21/h5-6H,2-4,7-13H2,1H3,(H,19,23)(H,20,22). The summed E-state index contributed by atoms with van der Waals surface area (Å²) >= 11 is 1.31. The Morgan fingerprint density at radius 3 is 2.60 bits per heavy atom. The van der Waals surface area contributed by atoms with Gasteiger partial charge in [0.05, 0.1) is 23.1 Å². The fraction of sp³-hybridized carbons (Fsp3) is 0.667. The fourth-order valence-corrected chi connectivity index (χ4v) is 4.75. The Morgan fingerprint density at radius 1 is 1.20 bits per heavy atom. The Morgan fingerprint density at radius 2 is 1.92 bits per heavy atom. The van der Waals surface area contributed by atoms with E-state index in [0.717, 1.165) is 39.1 Å². The average Bonchev–Trinajstić information content (AvgIpc) is 3.09. The molecule has 2 fully saturated rings. The molecule has 0 unspecified atom stereocenters. The van der Waals surface area contributed by atoms with Gasteiger partial charge in [-0.05, 0) is 25.0 Å². The Balaban J connectivity index is 1.63. The first kappa shape index (κ1) is 18.4. The first-order chi connectivity index (χ1) is 12.1. The van der Waals surface area contributed by atoms with Crippen LogP contribution in [0.4, 0.5) is 5.00 Å². The van der Waals surface area contributed by atoms with Crippen LogP contribution in [0.2, 0.25) is 0 Å². The second-order valence-corrected chi connectivity index (χ2v) is 8.00. The second-order valence-electron chi connectivity index (χ2n) is 6.91. The summed E-state index contributed by atoms with van der Waals surface area (Å²) in [7, 11) is 0. The van der Waals surface area contributed by atoms with E-state index >= 15 is 0 Å². The molecule has 1 aromatic heterocycles. The molecule has 2 amide bonds. The highest BCUT2D eigenvalue weighted by Gasteiger charge is 2.38. The van der Waals surface area contributed by atoms with Crippen LogP contribution in [0, 0.1) is 0 Å². The number of ether oxygens (including phenoxy) is 1. The molecule has 0 radical (unpaired) electrons. The molecule has 0 aromatic carbocycles. The number of nitrogens with zero attached hydrogens (tertiary/aromatic N) is 1. The van der Waals surface area contributed by atoms with E-state index in [2.05, 4.69) is 15.5 Å². The zero-order valence-electron chi connectivity index (χ0n) is 14.8. The molecule has 2 heterocycles. The van der Waals surface area contributed by atoms with Gasteiger partial charge in [-0.15, -0.1) is 11.3 Å². The van der Waals surface area contributed by atoms with Crippen molar-refractivity contribution in [3.8, 4) is 0 Å². The van der Waals surface area contributed by atoms with Crippen LogP contribution in [-0.2, 0) is 9.53 Å². The largest absolute Gasteiger partial charge is 0.379 e. The Hall–Kier alpha value is -1.44. The summed E-state index contributed by atoms with van der Waals surface area (Å²) in [5.41, 5.74) is 0.0649. The summed E-state index contributed by atoms with van der Waals surface area (Å²) in [6.45, 7) is 5.60. The molecule has 0 atom stereocenters. The SMILES string of the molecule is CC(=O)Nc1ccc(C(=O)NCC2(N3CCOCC3)CCCCC2)s1. The number of carbonyl (C=O) groups is 2. The molecule has 1 aliphatic carbocycles. The molecule has 138 valence electrons. The van der Waals surface area contributed by atoms with E-state index in [4.69, 9.17) is 4.74 Å². The van der Waals surface area contributed by atoms with E-state index in [0.29, 0.717) is 16.4 Å². The predicted molar refractivity (Wildman–Crippen MR) is 99.2 cm³/mol. The highest BCUT2D eigenvalue weighted by Crippen LogP contribution is 2.34. The lowest BCUT2D eigenvalue weighted by atomic mass is 9.79. The summed E-state index contributed by atoms with van der Waals surface area (Å²) < 4.78 is 5.50. The van der Waals surface area contributed by atoms with Gasteiger partial charge in [-0.1, -0.05) is 19.3 Å². The van der Waals surface area contributed by atoms with Gasteiger partial charge in [-0.25, -0.2) is 0 Å². The lowest BCUT2D eigenvalue weighted by Crippen LogP contribution is -2.59. The molecule has 2 aliphatic rings. The number of thiophene rings is 1. The van der Waals surface area contributed by atoms with Gasteiger partial charge in [0.2, 0.25) is 5.91 Å². The number of morpholine rings is 1. The van der Waals surface area contributed by atoms with E-state index in [1.54, 1.807) is 12.1 Å². The van der Waals surface area contributed by atoms with Gasteiger partial charge < -0.3 is 15.4 Å². The molecule has 2 N–H and O–H groups in total. The lowest BCUT2D eigenvalue weighted by molar-refractivity contribution is -0.114. The van der Waals surface area contributed by atoms with Crippen molar-refractivity contribution in [1.82, 2.24) is 10.2 Å². The van der Waals surface area contributed by atoms with Crippen molar-refractivity contribution in [2.75, 3.05) is 38.2 Å². The Kier molecular flexibility index (Phi) is 6.09. The number of rotatable bonds is 5. The minimum atomic E-state index is -0.123. The summed E-state index contributed by atoms with van der Waals surface area (Å²) in [4.78, 5) is 26.8. The van der Waals surface area contributed by atoms with Crippen LogP contribution in [0.1, 0.15) is 48.7 Å². The Bertz CT molecular complexity index is 604. The van der Waals surface area contributed by atoms with Crippen LogP contribution >= 0.6 is 11.3 Å². The van der Waals surface area contributed by atoms with Crippen LogP contribution < -0.4 is 10.6 Å². The van der Waals surface area contributed by atoms with Gasteiger partial charge in [0, 0.05) is 32.1 Å². The van der Waals surface area contributed by atoms with E-state index < -0.39 is 0 Å². The molecule has 1 aromatic rings. The monoisotopic (exact) mass is 365 g/mol. The summed E-state index contributed by atoms with van der Waals surface area (Å²) in [5, 5.41) is 6.58. The topological polar surface area (TPSA) is 70.7 Å². The van der Waals surface area contributed by atoms with Crippen molar-refractivity contribution in [1.29, 1.82) is 0 Å². The predicted octanol–water partition coefficient (Wildman–Crippen LogP) is 2.47. The van der Waals surface area contributed by atoms with Crippen molar-refractivity contribution in [3.63, 3.8) is 0 Å². The van der Waals surface area contributed by atoms with Crippen LogP contribution in [-0.4, -0.2) is 55.1 Å². The van der Waals surface area contributed by atoms with E-state index in [1.807, 2.05) is 0 Å². The molecular weight excluding hydrogens is 338 g/mol. The minimum absolute atomic E-state index is 0.0557. The number of amides is 2. The van der Waals surface area contributed by atoms with Crippen molar-refractivity contribution in [2.24, 2.45) is 0 Å². The number of nitrogens with one attached hydrogen (secondary N) is 2. The molecule has 1 aliphatic heterocycles. The number of hydrogen-bond acceptors (Lipinski definition) is 5. The zero-order chi connectivity index (χ0) is 17.7.